The predicted molar refractivity (Wildman–Crippen MR) is 126 cm³/mol. The van der Waals surface area contributed by atoms with Crippen LogP contribution in [-0.4, -0.2) is 60.5 Å². The molecule has 4 rings (SSSR count). The lowest BCUT2D eigenvalue weighted by Crippen LogP contribution is -2.82. The highest BCUT2D eigenvalue weighted by atomic mass is 16.7. The van der Waals surface area contributed by atoms with Crippen LogP contribution in [-0.2, 0) is 23.9 Å². The fraction of sp³-hybridized carbons (Fsp3) is 0.407. The van der Waals surface area contributed by atoms with Crippen LogP contribution in [0.5, 0.6) is 0 Å². The van der Waals surface area contributed by atoms with Gasteiger partial charge in [0.15, 0.2) is 17.3 Å². The Morgan fingerprint density at radius 2 is 1.33 bits per heavy atom. The first kappa shape index (κ1) is 25.7. The molecule has 3 bridgehead atoms. The van der Waals surface area contributed by atoms with Crippen molar-refractivity contribution in [3.8, 4) is 0 Å². The topological polar surface area (TPSA) is 158 Å². The molecule has 0 radical (unpaired) electrons. The van der Waals surface area contributed by atoms with E-state index in [4.69, 9.17) is 4.74 Å². The summed E-state index contributed by atoms with van der Waals surface area (Å²) in [5.74, 6) is -10.8. The summed E-state index contributed by atoms with van der Waals surface area (Å²) < 4.78 is 5.72. The molecular weight excluding hydrogens is 468 g/mol. The van der Waals surface area contributed by atoms with Gasteiger partial charge in [-0.1, -0.05) is 36.5 Å². The minimum atomic E-state index is -3.28. The van der Waals surface area contributed by atoms with Crippen molar-refractivity contribution in [2.75, 3.05) is 0 Å². The Balaban J connectivity index is 2.18. The molecule has 9 nitrogen and oxygen atoms in total. The standard InChI is InChI=1S/C27H28O9/c1-6-8-10-12-14(28)16-18-23(3)20(31)17(15(29)13-11-9-7-2)21(32)26(34)24(4,19(16)30)22(33)25(18,5)36-27(23,26)35/h6-13,18,28-29,34-35H,1-5H3/b8-6+,9-7+,12-10+,13-11+,16-14-,17-15+/t18-,23-,24-,25+,26+,27-/m1/s1. The van der Waals surface area contributed by atoms with E-state index < -0.39 is 79.5 Å². The highest BCUT2D eigenvalue weighted by Gasteiger charge is 2.95. The number of aliphatic hydroxyl groups is 4. The van der Waals surface area contributed by atoms with E-state index in [2.05, 4.69) is 0 Å². The van der Waals surface area contributed by atoms with E-state index >= 15 is 0 Å². The number of Topliss-reactive ketones (excluding diaryl/α,β-unsaturated/α-hetero) is 4. The second kappa shape index (κ2) is 7.55. The zero-order chi connectivity index (χ0) is 27.1. The molecule has 0 amide bonds. The maximum Gasteiger partial charge on any atom is 0.218 e. The molecule has 0 unspecified atom stereocenters. The van der Waals surface area contributed by atoms with Crippen molar-refractivity contribution in [2.24, 2.45) is 16.7 Å². The minimum absolute atomic E-state index is 0.430. The van der Waals surface area contributed by atoms with E-state index in [0.717, 1.165) is 19.9 Å². The van der Waals surface area contributed by atoms with E-state index in [1.807, 2.05) is 0 Å². The Morgan fingerprint density at radius 3 is 1.86 bits per heavy atom. The van der Waals surface area contributed by atoms with Crippen LogP contribution in [0.2, 0.25) is 0 Å². The second-order valence-corrected chi connectivity index (χ2v) is 9.97. The third-order valence-electron chi connectivity index (χ3n) is 8.20. The van der Waals surface area contributed by atoms with Crippen LogP contribution in [0, 0.1) is 16.7 Å². The summed E-state index contributed by atoms with van der Waals surface area (Å²) >= 11 is 0. The third-order valence-corrected chi connectivity index (χ3v) is 8.20. The Kier molecular flexibility index (Phi) is 5.39. The van der Waals surface area contributed by atoms with Gasteiger partial charge in [-0.15, -0.1) is 0 Å². The number of ether oxygens (including phenoxy) is 1. The van der Waals surface area contributed by atoms with Crippen LogP contribution in [0.25, 0.3) is 0 Å². The van der Waals surface area contributed by atoms with Crippen LogP contribution < -0.4 is 0 Å². The fourth-order valence-electron chi connectivity index (χ4n) is 6.47. The van der Waals surface area contributed by atoms with Crippen molar-refractivity contribution in [1.29, 1.82) is 0 Å². The summed E-state index contributed by atoms with van der Waals surface area (Å²) in [6.45, 7) is 6.83. The molecule has 2 saturated heterocycles. The lowest BCUT2D eigenvalue weighted by atomic mass is 9.53. The molecule has 190 valence electrons. The van der Waals surface area contributed by atoms with Gasteiger partial charge in [0, 0.05) is 11.5 Å². The summed E-state index contributed by atoms with van der Waals surface area (Å²) in [6, 6.07) is 0. The summed E-state index contributed by atoms with van der Waals surface area (Å²) in [5, 5.41) is 45.5. The van der Waals surface area contributed by atoms with Crippen molar-refractivity contribution in [3.63, 3.8) is 0 Å². The highest BCUT2D eigenvalue weighted by Crippen LogP contribution is 2.75. The van der Waals surface area contributed by atoms with E-state index in [9.17, 15) is 39.6 Å². The number of fused-ring (bicyclic) bond motifs is 3. The average Bonchev–Trinajstić information content (AvgIpc) is 3.00. The number of hydrogen-bond acceptors (Lipinski definition) is 9. The van der Waals surface area contributed by atoms with E-state index in [-0.39, 0.29) is 0 Å². The second-order valence-electron chi connectivity index (χ2n) is 9.97. The van der Waals surface area contributed by atoms with Crippen LogP contribution in [0.4, 0.5) is 0 Å². The smallest absolute Gasteiger partial charge is 0.218 e. The molecule has 9 heteroatoms. The molecule has 4 fully saturated rings. The van der Waals surface area contributed by atoms with Gasteiger partial charge in [-0.2, -0.15) is 0 Å². The van der Waals surface area contributed by atoms with E-state index in [1.165, 1.54) is 31.2 Å². The van der Waals surface area contributed by atoms with E-state index in [1.54, 1.807) is 32.1 Å². The van der Waals surface area contributed by atoms with Crippen LogP contribution >= 0.6 is 0 Å². The Morgan fingerprint density at radius 1 is 0.806 bits per heavy atom. The molecule has 6 atom stereocenters. The molecular formula is C27H28O9. The van der Waals surface area contributed by atoms with Gasteiger partial charge in [-0.05, 0) is 46.8 Å². The van der Waals surface area contributed by atoms with Gasteiger partial charge in [0.2, 0.25) is 17.2 Å². The lowest BCUT2D eigenvalue weighted by Gasteiger charge is -2.58. The summed E-state index contributed by atoms with van der Waals surface area (Å²) in [4.78, 5) is 55.4. The molecule has 0 aromatic heterocycles. The van der Waals surface area contributed by atoms with Gasteiger partial charge in [-0.25, -0.2) is 0 Å². The number of carbonyl (C=O) groups is 4. The lowest BCUT2D eigenvalue weighted by molar-refractivity contribution is -0.350. The zero-order valence-corrected chi connectivity index (χ0v) is 20.5. The van der Waals surface area contributed by atoms with Crippen molar-refractivity contribution < 1.29 is 44.3 Å². The summed E-state index contributed by atoms with van der Waals surface area (Å²) in [7, 11) is 0. The third kappa shape index (κ3) is 2.40. The maximum absolute atomic E-state index is 14.0. The highest BCUT2D eigenvalue weighted by molar-refractivity contribution is 6.36. The average molecular weight is 497 g/mol. The fourth-order valence-corrected chi connectivity index (χ4v) is 6.47. The SMILES string of the molecule is C/C=C/C=C/C(O)=C1/C(=O)[C@]2(C)C(=O)[C@@]3(C)O[C@@]4(O)[C@]2(O)C(=O)\C(=C(O)/C=C/C=C/C)C(=O)[C@@]4(C)[C@@H]13. The first-order chi connectivity index (χ1) is 16.7. The Hall–Kier alpha value is -3.40. The summed E-state index contributed by atoms with van der Waals surface area (Å²) in [5.41, 5.74) is -11.6. The molecule has 0 aromatic carbocycles. The van der Waals surface area contributed by atoms with Crippen molar-refractivity contribution in [1.82, 2.24) is 0 Å². The van der Waals surface area contributed by atoms with Gasteiger partial charge >= 0.3 is 0 Å². The summed E-state index contributed by atoms with van der Waals surface area (Å²) in [6.07, 6.45) is 11.3. The number of ketones is 4. The van der Waals surface area contributed by atoms with Gasteiger partial charge < -0.3 is 25.2 Å². The molecule has 0 aromatic rings. The first-order valence-corrected chi connectivity index (χ1v) is 11.5. The maximum atomic E-state index is 14.0. The number of hydrogen-bond donors (Lipinski definition) is 4. The van der Waals surface area contributed by atoms with Gasteiger partial charge in [0.05, 0.1) is 5.41 Å². The molecule has 2 aliphatic carbocycles. The van der Waals surface area contributed by atoms with E-state index in [0.29, 0.717) is 0 Å². The Labute approximate surface area is 207 Å². The number of allylic oxidation sites excluding steroid dienone is 8. The molecule has 2 heterocycles. The molecule has 36 heavy (non-hydrogen) atoms. The molecule has 2 saturated carbocycles. The Bertz CT molecular complexity index is 1310. The van der Waals surface area contributed by atoms with Crippen LogP contribution in [0.3, 0.4) is 0 Å². The first-order valence-electron chi connectivity index (χ1n) is 11.5. The molecule has 2 aliphatic heterocycles. The molecule has 4 aliphatic rings. The molecule has 4 N–H and O–H groups in total. The van der Waals surface area contributed by atoms with Crippen molar-refractivity contribution in [3.05, 3.63) is 71.3 Å². The van der Waals surface area contributed by atoms with Crippen molar-refractivity contribution >= 4 is 23.1 Å². The number of aliphatic hydroxyl groups excluding tert-OH is 2. The predicted octanol–water partition coefficient (Wildman–Crippen LogP) is 2.03. The number of carbonyl (C=O) groups excluding carboxylic acids is 4. The van der Waals surface area contributed by atoms with Gasteiger partial charge in [0.25, 0.3) is 0 Å². The van der Waals surface area contributed by atoms with Gasteiger partial charge in [-0.3, -0.25) is 19.2 Å². The largest absolute Gasteiger partial charge is 0.508 e. The quantitative estimate of drug-likeness (QED) is 0.150. The minimum Gasteiger partial charge on any atom is -0.508 e. The molecule has 0 spiro atoms. The van der Waals surface area contributed by atoms with Crippen LogP contribution in [0.15, 0.2) is 71.3 Å². The monoisotopic (exact) mass is 496 g/mol. The van der Waals surface area contributed by atoms with Gasteiger partial charge in [0.1, 0.15) is 28.1 Å². The van der Waals surface area contributed by atoms with Crippen molar-refractivity contribution in [2.45, 2.75) is 51.6 Å². The normalized spacial score (nSPS) is 44.8. The zero-order valence-electron chi connectivity index (χ0n) is 20.5. The van der Waals surface area contributed by atoms with Crippen LogP contribution in [0.1, 0.15) is 34.6 Å². The number of rotatable bonds is 4.